The molecule has 0 atom stereocenters. The van der Waals surface area contributed by atoms with Crippen molar-refractivity contribution in [1.82, 2.24) is 9.97 Å². The maximum atomic E-state index is 12.4. The van der Waals surface area contributed by atoms with Crippen LogP contribution in [0.3, 0.4) is 0 Å². The Morgan fingerprint density at radius 3 is 2.40 bits per heavy atom. The minimum absolute atomic E-state index is 0.0237. The van der Waals surface area contributed by atoms with Crippen LogP contribution >= 0.6 is 11.8 Å². The van der Waals surface area contributed by atoms with E-state index in [0.717, 1.165) is 12.1 Å². The van der Waals surface area contributed by atoms with Crippen LogP contribution in [-0.4, -0.2) is 21.8 Å². The van der Waals surface area contributed by atoms with Gasteiger partial charge in [0.05, 0.1) is 11.0 Å². The van der Waals surface area contributed by atoms with Crippen molar-refractivity contribution in [3.05, 3.63) is 42.5 Å². The van der Waals surface area contributed by atoms with Gasteiger partial charge in [-0.3, -0.25) is 0 Å². The summed E-state index contributed by atoms with van der Waals surface area (Å²) in [6.07, 6.45) is -4.82. The third kappa shape index (κ3) is 4.59. The third-order valence-electron chi connectivity index (χ3n) is 3.03. The quantitative estimate of drug-likeness (QED) is 0.467. The smallest absolute Gasteiger partial charge is 0.406 e. The van der Waals surface area contributed by atoms with Gasteiger partial charge >= 0.3 is 11.9 Å². The SMILES string of the molecule is FC(F)(F)Oc1cccc(-c2nc3ccc(SC(F)(F)F)cc3[nH]2)c1. The number of alkyl halides is 6. The molecule has 0 bridgehead atoms. The zero-order valence-corrected chi connectivity index (χ0v) is 12.9. The van der Waals surface area contributed by atoms with Gasteiger partial charge in [-0.2, -0.15) is 13.2 Å². The molecule has 0 aliphatic heterocycles. The minimum atomic E-state index is -4.82. The molecule has 0 amide bonds. The van der Waals surface area contributed by atoms with E-state index in [-0.39, 0.29) is 22.5 Å². The van der Waals surface area contributed by atoms with Crippen molar-refractivity contribution in [2.75, 3.05) is 0 Å². The van der Waals surface area contributed by atoms with Gasteiger partial charge < -0.3 is 9.72 Å². The minimum Gasteiger partial charge on any atom is -0.406 e. The summed E-state index contributed by atoms with van der Waals surface area (Å²) in [5, 5.41) is 0. The number of ether oxygens (including phenoxy) is 1. The van der Waals surface area contributed by atoms with Crippen LogP contribution in [0.25, 0.3) is 22.4 Å². The van der Waals surface area contributed by atoms with Crippen LogP contribution < -0.4 is 4.74 Å². The van der Waals surface area contributed by atoms with E-state index in [1.165, 1.54) is 30.3 Å². The number of fused-ring (bicyclic) bond motifs is 1. The fourth-order valence-electron chi connectivity index (χ4n) is 2.16. The van der Waals surface area contributed by atoms with Crippen LogP contribution in [0.4, 0.5) is 26.3 Å². The normalized spacial score (nSPS) is 12.6. The Kier molecular flexibility index (Phi) is 4.31. The molecule has 0 saturated carbocycles. The fraction of sp³-hybridized carbons (Fsp3) is 0.133. The molecule has 0 unspecified atom stereocenters. The van der Waals surface area contributed by atoms with E-state index in [0.29, 0.717) is 16.6 Å². The average Bonchev–Trinajstić information content (AvgIpc) is 2.87. The summed E-state index contributed by atoms with van der Waals surface area (Å²) in [6.45, 7) is 0. The zero-order valence-electron chi connectivity index (χ0n) is 12.1. The molecule has 10 heteroatoms. The summed E-state index contributed by atoms with van der Waals surface area (Å²) in [5.74, 6) is -0.199. The third-order valence-corrected chi connectivity index (χ3v) is 3.75. The second-order valence-electron chi connectivity index (χ2n) is 4.89. The predicted molar refractivity (Wildman–Crippen MR) is 80.1 cm³/mol. The number of benzene rings is 2. The molecule has 0 aliphatic carbocycles. The van der Waals surface area contributed by atoms with Gasteiger partial charge in [0.2, 0.25) is 0 Å². The zero-order chi connectivity index (χ0) is 18.2. The number of rotatable bonds is 3. The Morgan fingerprint density at radius 1 is 0.960 bits per heavy atom. The molecule has 25 heavy (non-hydrogen) atoms. The molecule has 0 radical (unpaired) electrons. The van der Waals surface area contributed by atoms with Crippen LogP contribution in [0.15, 0.2) is 47.4 Å². The van der Waals surface area contributed by atoms with Gasteiger partial charge in [0.25, 0.3) is 0 Å². The Labute approximate surface area is 141 Å². The fourth-order valence-corrected chi connectivity index (χ4v) is 2.74. The monoisotopic (exact) mass is 378 g/mol. The lowest BCUT2D eigenvalue weighted by molar-refractivity contribution is -0.274. The molecule has 3 nitrogen and oxygen atoms in total. The van der Waals surface area contributed by atoms with E-state index in [9.17, 15) is 26.3 Å². The highest BCUT2D eigenvalue weighted by molar-refractivity contribution is 8.00. The van der Waals surface area contributed by atoms with Crippen molar-refractivity contribution < 1.29 is 31.1 Å². The number of thioether (sulfide) groups is 1. The van der Waals surface area contributed by atoms with Gasteiger partial charge in [-0.25, -0.2) is 4.98 Å². The molecule has 1 heterocycles. The van der Waals surface area contributed by atoms with Crippen molar-refractivity contribution in [3.8, 4) is 17.1 Å². The molecule has 0 fully saturated rings. The molecule has 1 N–H and O–H groups in total. The summed E-state index contributed by atoms with van der Waals surface area (Å²) < 4.78 is 78.0. The number of aromatic amines is 1. The standard InChI is InChI=1S/C15H8F6N2OS/c16-14(17,18)24-9-3-1-2-8(6-9)13-22-11-5-4-10(7-12(11)23-13)25-15(19,20)21/h1-7H,(H,22,23). The first-order valence-corrected chi connectivity index (χ1v) is 7.52. The first-order chi connectivity index (χ1) is 11.6. The van der Waals surface area contributed by atoms with Crippen LogP contribution in [0.1, 0.15) is 0 Å². The van der Waals surface area contributed by atoms with Crippen molar-refractivity contribution in [2.24, 2.45) is 0 Å². The summed E-state index contributed by atoms with van der Waals surface area (Å²) in [5.41, 5.74) is -3.38. The Balaban J connectivity index is 1.93. The number of nitrogens with one attached hydrogen (secondary N) is 1. The van der Waals surface area contributed by atoms with Crippen molar-refractivity contribution >= 4 is 22.8 Å². The Bertz CT molecular complexity index is 903. The van der Waals surface area contributed by atoms with Gasteiger partial charge in [-0.1, -0.05) is 12.1 Å². The van der Waals surface area contributed by atoms with Crippen molar-refractivity contribution in [2.45, 2.75) is 16.8 Å². The molecule has 0 spiro atoms. The topological polar surface area (TPSA) is 37.9 Å². The van der Waals surface area contributed by atoms with Gasteiger partial charge in [0, 0.05) is 10.5 Å². The Hall–Kier alpha value is -2.36. The number of aromatic nitrogens is 2. The molecule has 2 aromatic carbocycles. The van der Waals surface area contributed by atoms with E-state index in [4.69, 9.17) is 0 Å². The van der Waals surface area contributed by atoms with E-state index in [1.54, 1.807) is 0 Å². The van der Waals surface area contributed by atoms with E-state index < -0.39 is 17.6 Å². The highest BCUT2D eigenvalue weighted by atomic mass is 32.2. The van der Waals surface area contributed by atoms with Crippen LogP contribution in [0.2, 0.25) is 0 Å². The molecule has 132 valence electrons. The lowest BCUT2D eigenvalue weighted by atomic mass is 10.2. The number of H-pyrrole nitrogens is 1. The molecule has 0 aliphatic rings. The van der Waals surface area contributed by atoms with Crippen LogP contribution in [0, 0.1) is 0 Å². The molecular weight excluding hydrogens is 370 g/mol. The molecule has 0 saturated heterocycles. The second-order valence-corrected chi connectivity index (χ2v) is 6.03. The lowest BCUT2D eigenvalue weighted by Crippen LogP contribution is -2.17. The molecule has 3 aromatic rings. The highest BCUT2D eigenvalue weighted by Crippen LogP contribution is 2.38. The average molecular weight is 378 g/mol. The number of nitrogens with zero attached hydrogens (tertiary/aromatic N) is 1. The molecule has 1 aromatic heterocycles. The highest BCUT2D eigenvalue weighted by Gasteiger charge is 2.31. The molecular formula is C15H8F6N2OS. The van der Waals surface area contributed by atoms with Gasteiger partial charge in [0.15, 0.2) is 0 Å². The maximum absolute atomic E-state index is 12.4. The van der Waals surface area contributed by atoms with Gasteiger partial charge in [0.1, 0.15) is 11.6 Å². The van der Waals surface area contributed by atoms with Crippen LogP contribution in [-0.2, 0) is 0 Å². The van der Waals surface area contributed by atoms with Gasteiger partial charge in [-0.05, 0) is 42.1 Å². The first kappa shape index (κ1) is 17.5. The summed E-state index contributed by atoms with van der Waals surface area (Å²) in [4.78, 5) is 6.95. The van der Waals surface area contributed by atoms with E-state index in [2.05, 4.69) is 14.7 Å². The van der Waals surface area contributed by atoms with E-state index >= 15 is 0 Å². The lowest BCUT2D eigenvalue weighted by Gasteiger charge is -2.09. The summed E-state index contributed by atoms with van der Waals surface area (Å²) in [6, 6.07) is 9.09. The van der Waals surface area contributed by atoms with Crippen molar-refractivity contribution in [1.29, 1.82) is 0 Å². The predicted octanol–water partition coefficient (Wildman–Crippen LogP) is 5.74. The van der Waals surface area contributed by atoms with Gasteiger partial charge in [-0.15, -0.1) is 13.2 Å². The van der Waals surface area contributed by atoms with Crippen molar-refractivity contribution in [3.63, 3.8) is 0 Å². The Morgan fingerprint density at radius 2 is 1.72 bits per heavy atom. The first-order valence-electron chi connectivity index (χ1n) is 6.71. The summed E-state index contributed by atoms with van der Waals surface area (Å²) >= 11 is -0.263. The van der Waals surface area contributed by atoms with E-state index in [1.807, 2.05) is 0 Å². The number of halogens is 6. The number of hydrogen-bond donors (Lipinski definition) is 1. The second kappa shape index (κ2) is 6.17. The van der Waals surface area contributed by atoms with Crippen LogP contribution in [0.5, 0.6) is 5.75 Å². The summed E-state index contributed by atoms with van der Waals surface area (Å²) in [7, 11) is 0. The largest absolute Gasteiger partial charge is 0.573 e. The molecule has 3 rings (SSSR count). The number of hydrogen-bond acceptors (Lipinski definition) is 3. The number of imidazole rings is 1. The maximum Gasteiger partial charge on any atom is 0.573 e.